The fraction of sp³-hybridized carbons (Fsp3) is 0.258. The molecule has 1 aliphatic rings. The summed E-state index contributed by atoms with van der Waals surface area (Å²) in [5.74, 6) is 6.62. The molecule has 37 heavy (non-hydrogen) atoms. The molecule has 2 N–H and O–H groups in total. The zero-order valence-electron chi connectivity index (χ0n) is 21.4. The maximum atomic E-state index is 13.4. The normalized spacial score (nSPS) is 13.5. The third kappa shape index (κ3) is 4.38. The van der Waals surface area contributed by atoms with Gasteiger partial charge in [0.1, 0.15) is 22.8 Å². The molecule has 1 aliphatic carbocycles. The Morgan fingerprint density at radius 2 is 1.92 bits per heavy atom. The summed E-state index contributed by atoms with van der Waals surface area (Å²) in [4.78, 5) is 30.3. The molecule has 6 nitrogen and oxygen atoms in total. The number of nitrogens with zero attached hydrogens (tertiary/aromatic N) is 1. The van der Waals surface area contributed by atoms with Crippen molar-refractivity contribution in [3.63, 3.8) is 0 Å². The van der Waals surface area contributed by atoms with Crippen molar-refractivity contribution in [2.75, 3.05) is 6.54 Å². The highest BCUT2D eigenvalue weighted by atomic mass is 16.3. The minimum absolute atomic E-state index is 0.114. The summed E-state index contributed by atoms with van der Waals surface area (Å²) < 4.78 is 6.24. The molecule has 0 spiro atoms. The Kier molecular flexibility index (Phi) is 6.08. The van der Waals surface area contributed by atoms with Crippen molar-refractivity contribution in [1.29, 1.82) is 0 Å². The number of rotatable bonds is 4. The van der Waals surface area contributed by atoms with Crippen LogP contribution in [0, 0.1) is 18.8 Å². The second kappa shape index (κ2) is 9.25. The Balaban J connectivity index is 1.49. The van der Waals surface area contributed by atoms with Crippen molar-refractivity contribution >= 4 is 22.7 Å². The molecule has 0 aliphatic heterocycles. The Morgan fingerprint density at radius 1 is 1.11 bits per heavy atom. The lowest BCUT2D eigenvalue weighted by atomic mass is 9.72. The van der Waals surface area contributed by atoms with Gasteiger partial charge in [-0.05, 0) is 87.2 Å². The van der Waals surface area contributed by atoms with Crippen LogP contribution >= 0.6 is 0 Å². The van der Waals surface area contributed by atoms with E-state index in [2.05, 4.69) is 29.1 Å². The molecule has 5 rings (SSSR count). The number of ketones is 1. The van der Waals surface area contributed by atoms with Gasteiger partial charge < -0.3 is 14.8 Å². The van der Waals surface area contributed by atoms with Gasteiger partial charge in [-0.2, -0.15) is 0 Å². The van der Waals surface area contributed by atoms with Gasteiger partial charge in [0.05, 0.1) is 5.56 Å². The van der Waals surface area contributed by atoms with E-state index in [-0.39, 0.29) is 17.4 Å². The fourth-order valence-electron chi connectivity index (χ4n) is 4.82. The van der Waals surface area contributed by atoms with Crippen LogP contribution in [-0.2, 0) is 5.41 Å². The average Bonchev–Trinajstić information content (AvgIpc) is 3.26. The van der Waals surface area contributed by atoms with Crippen molar-refractivity contribution in [1.82, 2.24) is 10.3 Å². The fourth-order valence-corrected chi connectivity index (χ4v) is 4.82. The first-order chi connectivity index (χ1) is 17.7. The molecular weight excluding hydrogens is 464 g/mol. The summed E-state index contributed by atoms with van der Waals surface area (Å²) in [6.45, 7) is 8.52. The third-order valence-corrected chi connectivity index (χ3v) is 6.77. The van der Waals surface area contributed by atoms with Crippen LogP contribution in [0.15, 0.2) is 52.9 Å². The largest absolute Gasteiger partial charge is 0.508 e. The van der Waals surface area contributed by atoms with E-state index in [4.69, 9.17) is 4.42 Å². The topological polar surface area (TPSA) is 92.4 Å². The molecule has 0 radical (unpaired) electrons. The number of carbonyl (C=O) groups is 2. The van der Waals surface area contributed by atoms with Crippen LogP contribution in [-0.4, -0.2) is 28.3 Å². The summed E-state index contributed by atoms with van der Waals surface area (Å²) in [6, 6.07) is 13.8. The van der Waals surface area contributed by atoms with Gasteiger partial charge in [0.15, 0.2) is 5.78 Å². The number of fused-ring (bicyclic) bond motifs is 4. The number of benzene rings is 2. The van der Waals surface area contributed by atoms with Crippen molar-refractivity contribution in [2.24, 2.45) is 0 Å². The van der Waals surface area contributed by atoms with E-state index in [0.717, 1.165) is 23.8 Å². The number of carbonyl (C=O) groups excluding carboxylic acids is 2. The lowest BCUT2D eigenvalue weighted by molar-refractivity contribution is 0.0952. The van der Waals surface area contributed by atoms with Gasteiger partial charge in [-0.15, -0.1) is 0 Å². The molecule has 2 aromatic carbocycles. The number of phenolic OH excluding ortho intramolecular Hbond substituents is 1. The van der Waals surface area contributed by atoms with Gasteiger partial charge in [-0.25, -0.2) is 4.98 Å². The van der Waals surface area contributed by atoms with Gasteiger partial charge >= 0.3 is 0 Å². The standard InChI is InChI=1S/C31H28N2O4/c1-5-6-13-32-30(36)20-14-18(2)33-21(16-20)9-7-19-8-11-24-26(15-19)37-29-27(24)28(35)23-12-10-22(34)17-25(23)31(29,3)4/h8,10-12,14-17,34H,5-6,13H2,1-4H3,(H,32,36). The van der Waals surface area contributed by atoms with Crippen LogP contribution in [0.4, 0.5) is 0 Å². The molecular formula is C31H28N2O4. The minimum Gasteiger partial charge on any atom is -0.508 e. The summed E-state index contributed by atoms with van der Waals surface area (Å²) in [5.41, 5.74) is 4.30. The lowest BCUT2D eigenvalue weighted by Gasteiger charge is -2.30. The van der Waals surface area contributed by atoms with Gasteiger partial charge in [-0.1, -0.05) is 19.3 Å². The van der Waals surface area contributed by atoms with Crippen molar-refractivity contribution in [3.8, 4) is 17.6 Å². The molecule has 0 bridgehead atoms. The highest BCUT2D eigenvalue weighted by molar-refractivity contribution is 6.19. The average molecular weight is 493 g/mol. The third-order valence-electron chi connectivity index (χ3n) is 6.77. The monoisotopic (exact) mass is 492 g/mol. The zero-order chi connectivity index (χ0) is 26.3. The quantitative estimate of drug-likeness (QED) is 0.284. The van der Waals surface area contributed by atoms with E-state index in [0.29, 0.717) is 51.5 Å². The second-order valence-corrected chi connectivity index (χ2v) is 9.94. The molecule has 4 aromatic rings. The molecule has 2 aromatic heterocycles. The molecule has 6 heteroatoms. The highest BCUT2D eigenvalue weighted by Crippen LogP contribution is 2.46. The molecule has 2 heterocycles. The van der Waals surface area contributed by atoms with Crippen molar-refractivity contribution in [3.05, 3.63) is 93.5 Å². The van der Waals surface area contributed by atoms with Crippen LogP contribution < -0.4 is 5.32 Å². The Hall–Kier alpha value is -4.37. The van der Waals surface area contributed by atoms with E-state index in [9.17, 15) is 14.7 Å². The number of aromatic hydroxyl groups is 1. The molecule has 0 saturated carbocycles. The molecule has 1 amide bonds. The number of hydrogen-bond acceptors (Lipinski definition) is 5. The van der Waals surface area contributed by atoms with Crippen LogP contribution in [0.5, 0.6) is 5.75 Å². The summed E-state index contributed by atoms with van der Waals surface area (Å²) in [5, 5.41) is 13.7. The number of aromatic nitrogens is 1. The minimum atomic E-state index is -0.595. The summed E-state index contributed by atoms with van der Waals surface area (Å²) >= 11 is 0. The van der Waals surface area contributed by atoms with Gasteiger partial charge in [-0.3, -0.25) is 9.59 Å². The van der Waals surface area contributed by atoms with Crippen molar-refractivity contribution in [2.45, 2.75) is 46.0 Å². The highest BCUT2D eigenvalue weighted by Gasteiger charge is 2.41. The number of unbranched alkanes of at least 4 members (excludes halogenated alkanes) is 1. The molecule has 0 unspecified atom stereocenters. The van der Waals surface area contributed by atoms with Crippen LogP contribution in [0.3, 0.4) is 0 Å². The van der Waals surface area contributed by atoms with E-state index >= 15 is 0 Å². The SMILES string of the molecule is CCCCNC(=O)c1cc(C)nc(C#Cc2ccc3c4c(oc3c2)C(C)(C)c2cc(O)ccc2C4=O)c1. The van der Waals surface area contributed by atoms with E-state index in [1.807, 2.05) is 39.0 Å². The van der Waals surface area contributed by atoms with Gasteiger partial charge in [0, 0.05) is 39.7 Å². The Bertz CT molecular complexity index is 1630. The van der Waals surface area contributed by atoms with E-state index < -0.39 is 5.41 Å². The molecule has 0 fully saturated rings. The number of amides is 1. The number of pyridine rings is 1. The van der Waals surface area contributed by atoms with Crippen molar-refractivity contribution < 1.29 is 19.1 Å². The number of nitrogens with one attached hydrogen (secondary N) is 1. The lowest BCUT2D eigenvalue weighted by Crippen LogP contribution is -2.29. The zero-order valence-corrected chi connectivity index (χ0v) is 21.4. The molecule has 0 saturated heterocycles. The predicted octanol–water partition coefficient (Wildman–Crippen LogP) is 5.64. The smallest absolute Gasteiger partial charge is 0.251 e. The summed E-state index contributed by atoms with van der Waals surface area (Å²) in [6.07, 6.45) is 1.94. The molecule has 0 atom stereocenters. The first kappa shape index (κ1) is 24.3. The van der Waals surface area contributed by atoms with Crippen LogP contribution in [0.25, 0.3) is 11.0 Å². The Labute approximate surface area is 215 Å². The van der Waals surface area contributed by atoms with Crippen LogP contribution in [0.2, 0.25) is 0 Å². The van der Waals surface area contributed by atoms with E-state index in [1.165, 1.54) is 6.07 Å². The molecule has 186 valence electrons. The first-order valence-electron chi connectivity index (χ1n) is 12.4. The maximum absolute atomic E-state index is 13.4. The number of aryl methyl sites for hydroxylation is 1. The first-order valence-corrected chi connectivity index (χ1v) is 12.4. The second-order valence-electron chi connectivity index (χ2n) is 9.94. The predicted molar refractivity (Wildman–Crippen MR) is 142 cm³/mol. The maximum Gasteiger partial charge on any atom is 0.251 e. The number of phenols is 1. The van der Waals surface area contributed by atoms with Crippen LogP contribution in [0.1, 0.15) is 88.2 Å². The van der Waals surface area contributed by atoms with Gasteiger partial charge in [0.25, 0.3) is 5.91 Å². The van der Waals surface area contributed by atoms with E-state index in [1.54, 1.807) is 24.3 Å². The summed E-state index contributed by atoms with van der Waals surface area (Å²) in [7, 11) is 0. The van der Waals surface area contributed by atoms with Gasteiger partial charge in [0.2, 0.25) is 0 Å². The number of furan rings is 1. The Morgan fingerprint density at radius 3 is 2.70 bits per heavy atom. The number of hydrogen-bond donors (Lipinski definition) is 2.